The number of rotatable bonds is 5. The van der Waals surface area contributed by atoms with Crippen molar-refractivity contribution in [3.63, 3.8) is 0 Å². The van der Waals surface area contributed by atoms with Gasteiger partial charge in [0.25, 0.3) is 5.56 Å². The molecular formula is C19H23N3O2. The first-order valence-corrected chi connectivity index (χ1v) is 8.39. The molecule has 1 aromatic carbocycles. The van der Waals surface area contributed by atoms with Crippen LogP contribution in [-0.2, 0) is 6.54 Å². The Kier molecular flexibility index (Phi) is 5.23. The molecule has 0 aliphatic carbocycles. The molecule has 0 spiro atoms. The molecule has 0 radical (unpaired) electrons. The minimum absolute atomic E-state index is 0.0169. The van der Waals surface area contributed by atoms with Gasteiger partial charge >= 0.3 is 0 Å². The summed E-state index contributed by atoms with van der Waals surface area (Å²) in [6, 6.07) is 11.0. The molecule has 1 saturated heterocycles. The molecule has 0 bridgehead atoms. The summed E-state index contributed by atoms with van der Waals surface area (Å²) in [7, 11) is 0. The highest BCUT2D eigenvalue weighted by atomic mass is 16.1. The van der Waals surface area contributed by atoms with E-state index in [1.165, 1.54) is 0 Å². The summed E-state index contributed by atoms with van der Waals surface area (Å²) in [5.41, 5.74) is 2.20. The summed E-state index contributed by atoms with van der Waals surface area (Å²) in [6.07, 6.45) is 1.85. The first-order chi connectivity index (χ1) is 11.6. The van der Waals surface area contributed by atoms with Gasteiger partial charge in [-0.3, -0.25) is 14.5 Å². The Morgan fingerprint density at radius 1 is 1.08 bits per heavy atom. The Balaban J connectivity index is 1.77. The number of hydrogen-bond acceptors (Lipinski definition) is 4. The molecule has 5 nitrogen and oxygen atoms in total. The van der Waals surface area contributed by atoms with Crippen molar-refractivity contribution in [3.8, 4) is 11.1 Å². The molecule has 2 heterocycles. The summed E-state index contributed by atoms with van der Waals surface area (Å²) in [4.78, 5) is 26.5. The third kappa shape index (κ3) is 3.80. The summed E-state index contributed by atoms with van der Waals surface area (Å²) < 4.78 is 1.77. The molecule has 0 atom stereocenters. The second-order valence-corrected chi connectivity index (χ2v) is 6.15. The van der Waals surface area contributed by atoms with Crippen molar-refractivity contribution >= 4 is 5.78 Å². The zero-order valence-corrected chi connectivity index (χ0v) is 14.0. The predicted molar refractivity (Wildman–Crippen MR) is 95.5 cm³/mol. The number of Topliss-reactive ketones (excluding diaryl/α,β-unsaturated/α-hetero) is 1. The maximum Gasteiger partial charge on any atom is 0.258 e. The Labute approximate surface area is 141 Å². The van der Waals surface area contributed by atoms with Gasteiger partial charge in [-0.15, -0.1) is 0 Å². The van der Waals surface area contributed by atoms with Crippen molar-refractivity contribution < 1.29 is 4.79 Å². The van der Waals surface area contributed by atoms with Crippen molar-refractivity contribution in [2.75, 3.05) is 32.7 Å². The lowest BCUT2D eigenvalue weighted by atomic mass is 10.0. The molecule has 1 aliphatic heterocycles. The lowest BCUT2D eigenvalue weighted by Gasteiger charge is -2.27. The zero-order chi connectivity index (χ0) is 16.9. The molecule has 0 unspecified atom stereocenters. The van der Waals surface area contributed by atoms with E-state index < -0.39 is 0 Å². The lowest BCUT2D eigenvalue weighted by Crippen LogP contribution is -2.45. The molecular weight excluding hydrogens is 302 g/mol. The fourth-order valence-corrected chi connectivity index (χ4v) is 3.00. The molecule has 0 amide bonds. The standard InChI is InChI=1S/C19H23N3O2/c1-15(23)16-4-6-17(7-5-16)18-3-2-10-22(19(18)24)14-13-21-11-8-20-9-12-21/h2-7,10,20H,8-9,11-14H2,1H3. The van der Waals surface area contributed by atoms with E-state index in [-0.39, 0.29) is 11.3 Å². The predicted octanol–water partition coefficient (Wildman–Crippen LogP) is 1.62. The van der Waals surface area contributed by atoms with Gasteiger partial charge in [-0.05, 0) is 24.6 Å². The molecule has 1 fully saturated rings. The second-order valence-electron chi connectivity index (χ2n) is 6.15. The minimum Gasteiger partial charge on any atom is -0.314 e. The molecule has 1 aromatic heterocycles. The minimum atomic E-state index is 0.0169. The van der Waals surface area contributed by atoms with Crippen LogP contribution in [0.3, 0.4) is 0 Å². The zero-order valence-electron chi connectivity index (χ0n) is 14.0. The number of nitrogens with one attached hydrogen (secondary N) is 1. The fourth-order valence-electron chi connectivity index (χ4n) is 3.00. The Bertz CT molecular complexity index is 759. The number of nitrogens with zero attached hydrogens (tertiary/aromatic N) is 2. The van der Waals surface area contributed by atoms with E-state index in [0.29, 0.717) is 17.7 Å². The number of aromatic nitrogens is 1. The Morgan fingerprint density at radius 2 is 1.79 bits per heavy atom. The normalized spacial score (nSPS) is 15.4. The third-order valence-electron chi connectivity index (χ3n) is 4.49. The highest BCUT2D eigenvalue weighted by Gasteiger charge is 2.11. The number of hydrogen-bond donors (Lipinski definition) is 1. The topological polar surface area (TPSA) is 54.3 Å². The molecule has 2 aromatic rings. The smallest absolute Gasteiger partial charge is 0.258 e. The number of piperazine rings is 1. The van der Waals surface area contributed by atoms with Gasteiger partial charge in [0.15, 0.2) is 5.78 Å². The van der Waals surface area contributed by atoms with Gasteiger partial charge < -0.3 is 9.88 Å². The van der Waals surface area contributed by atoms with Crippen LogP contribution in [-0.4, -0.2) is 48.0 Å². The van der Waals surface area contributed by atoms with E-state index in [0.717, 1.165) is 38.3 Å². The van der Waals surface area contributed by atoms with Crippen molar-refractivity contribution in [2.24, 2.45) is 0 Å². The van der Waals surface area contributed by atoms with Crippen molar-refractivity contribution in [1.29, 1.82) is 0 Å². The molecule has 1 aliphatic rings. The number of benzene rings is 1. The summed E-state index contributed by atoms with van der Waals surface area (Å²) in [5.74, 6) is 0.0306. The Hall–Kier alpha value is -2.24. The summed E-state index contributed by atoms with van der Waals surface area (Å²) >= 11 is 0. The number of carbonyl (C=O) groups excluding carboxylic acids is 1. The monoisotopic (exact) mass is 325 g/mol. The summed E-state index contributed by atoms with van der Waals surface area (Å²) in [6.45, 7) is 7.20. The van der Waals surface area contributed by atoms with E-state index >= 15 is 0 Å². The van der Waals surface area contributed by atoms with Gasteiger partial charge in [0.05, 0.1) is 0 Å². The first kappa shape index (κ1) is 16.6. The van der Waals surface area contributed by atoms with Crippen LogP contribution in [0.25, 0.3) is 11.1 Å². The molecule has 1 N–H and O–H groups in total. The highest BCUT2D eigenvalue weighted by Crippen LogP contribution is 2.16. The molecule has 126 valence electrons. The van der Waals surface area contributed by atoms with Crippen LogP contribution in [0.1, 0.15) is 17.3 Å². The molecule has 3 rings (SSSR count). The van der Waals surface area contributed by atoms with Crippen molar-refractivity contribution in [2.45, 2.75) is 13.5 Å². The van der Waals surface area contributed by atoms with E-state index in [2.05, 4.69) is 10.2 Å². The van der Waals surface area contributed by atoms with Crippen LogP contribution in [0.2, 0.25) is 0 Å². The average Bonchev–Trinajstić information content (AvgIpc) is 2.62. The van der Waals surface area contributed by atoms with Crippen LogP contribution in [0, 0.1) is 0 Å². The molecule has 0 saturated carbocycles. The number of pyridine rings is 1. The van der Waals surface area contributed by atoms with Gasteiger partial charge in [-0.1, -0.05) is 24.3 Å². The molecule has 5 heteroatoms. The first-order valence-electron chi connectivity index (χ1n) is 8.39. The maximum atomic E-state index is 12.7. The van der Waals surface area contributed by atoms with Crippen molar-refractivity contribution in [1.82, 2.24) is 14.8 Å². The van der Waals surface area contributed by atoms with Gasteiger partial charge in [0.2, 0.25) is 0 Å². The highest BCUT2D eigenvalue weighted by molar-refractivity contribution is 5.94. The van der Waals surface area contributed by atoms with Crippen LogP contribution in [0.4, 0.5) is 0 Å². The quantitative estimate of drug-likeness (QED) is 0.849. The Morgan fingerprint density at radius 3 is 2.46 bits per heavy atom. The summed E-state index contributed by atoms with van der Waals surface area (Å²) in [5, 5.41) is 3.33. The van der Waals surface area contributed by atoms with Gasteiger partial charge in [-0.2, -0.15) is 0 Å². The van der Waals surface area contributed by atoms with Crippen molar-refractivity contribution in [3.05, 3.63) is 58.5 Å². The number of carbonyl (C=O) groups is 1. The van der Waals surface area contributed by atoms with E-state index in [1.807, 2.05) is 30.5 Å². The van der Waals surface area contributed by atoms with E-state index in [1.54, 1.807) is 23.6 Å². The van der Waals surface area contributed by atoms with Crippen LogP contribution in [0.15, 0.2) is 47.4 Å². The van der Waals surface area contributed by atoms with E-state index in [9.17, 15) is 9.59 Å². The largest absolute Gasteiger partial charge is 0.314 e. The van der Waals surface area contributed by atoms with Crippen LogP contribution < -0.4 is 10.9 Å². The average molecular weight is 325 g/mol. The van der Waals surface area contributed by atoms with Gasteiger partial charge in [0, 0.05) is 56.6 Å². The SMILES string of the molecule is CC(=O)c1ccc(-c2cccn(CCN3CCNCC3)c2=O)cc1. The van der Waals surface area contributed by atoms with Gasteiger partial charge in [-0.25, -0.2) is 0 Å². The maximum absolute atomic E-state index is 12.7. The number of ketones is 1. The fraction of sp³-hybridized carbons (Fsp3) is 0.368. The lowest BCUT2D eigenvalue weighted by molar-refractivity contribution is 0.101. The third-order valence-corrected chi connectivity index (χ3v) is 4.49. The van der Waals surface area contributed by atoms with Crippen LogP contribution in [0.5, 0.6) is 0 Å². The van der Waals surface area contributed by atoms with E-state index in [4.69, 9.17) is 0 Å². The van der Waals surface area contributed by atoms with Crippen LogP contribution >= 0.6 is 0 Å². The van der Waals surface area contributed by atoms with Gasteiger partial charge in [0.1, 0.15) is 0 Å². The second kappa shape index (κ2) is 7.55. The molecule has 24 heavy (non-hydrogen) atoms.